The Hall–Kier alpha value is -4.51. The molecule has 3 heterocycles. The van der Waals surface area contributed by atoms with Crippen molar-refractivity contribution in [3.8, 4) is 17.6 Å². The topological polar surface area (TPSA) is 100 Å². The van der Waals surface area contributed by atoms with Crippen LogP contribution in [0.15, 0.2) is 48.8 Å². The first-order valence-corrected chi connectivity index (χ1v) is 11.2. The molecular weight excluding hydrogens is 444 g/mol. The van der Waals surface area contributed by atoms with E-state index < -0.39 is 0 Å². The second kappa shape index (κ2) is 8.69. The van der Waals surface area contributed by atoms with Gasteiger partial charge < -0.3 is 19.0 Å². The summed E-state index contributed by atoms with van der Waals surface area (Å²) in [5, 5.41) is 10.6. The summed E-state index contributed by atoms with van der Waals surface area (Å²) in [6.07, 6.45) is 4.31. The van der Waals surface area contributed by atoms with Gasteiger partial charge in [0, 0.05) is 65.3 Å². The van der Waals surface area contributed by atoms with Crippen molar-refractivity contribution in [3.63, 3.8) is 0 Å². The molecule has 2 amide bonds. The average molecular weight is 469 g/mol. The van der Waals surface area contributed by atoms with Gasteiger partial charge in [-0.25, -0.2) is 0 Å². The van der Waals surface area contributed by atoms with Gasteiger partial charge in [-0.05, 0) is 42.8 Å². The van der Waals surface area contributed by atoms with Gasteiger partial charge in [0.1, 0.15) is 11.5 Å². The Bertz CT molecular complexity index is 1570. The number of nitrogens with one attached hydrogen (secondary N) is 1. The molecule has 0 saturated heterocycles. The van der Waals surface area contributed by atoms with Crippen LogP contribution < -0.4 is 9.47 Å². The molecule has 0 aliphatic carbocycles. The lowest BCUT2D eigenvalue weighted by atomic mass is 9.95. The fourth-order valence-corrected chi connectivity index (χ4v) is 4.73. The van der Waals surface area contributed by atoms with Crippen LogP contribution in [0.5, 0.6) is 11.5 Å². The van der Waals surface area contributed by atoms with E-state index in [1.807, 2.05) is 54.2 Å². The summed E-state index contributed by atoms with van der Waals surface area (Å²) in [6, 6.07) is 13.3. The van der Waals surface area contributed by atoms with Gasteiger partial charge in [-0.1, -0.05) is 0 Å². The van der Waals surface area contributed by atoms with Crippen LogP contribution in [0.2, 0.25) is 0 Å². The van der Waals surface area contributed by atoms with Gasteiger partial charge in [0.15, 0.2) is 0 Å². The maximum absolute atomic E-state index is 13.8. The van der Waals surface area contributed by atoms with Crippen molar-refractivity contribution in [1.82, 2.24) is 14.5 Å². The number of fused-ring (bicyclic) bond motifs is 2. The van der Waals surface area contributed by atoms with Gasteiger partial charge >= 0.3 is 0 Å². The Balaban J connectivity index is 1.78. The molecule has 35 heavy (non-hydrogen) atoms. The second-order valence-corrected chi connectivity index (χ2v) is 8.42. The summed E-state index contributed by atoms with van der Waals surface area (Å²) in [7, 11) is 5.08. The number of aromatic amines is 1. The van der Waals surface area contributed by atoms with Gasteiger partial charge in [0.05, 0.1) is 31.4 Å². The summed E-state index contributed by atoms with van der Waals surface area (Å²) in [6.45, 7) is 0.179. The number of unbranched alkanes of at least 4 members (excludes halogenated alkanes) is 1. The number of nitriles is 1. The van der Waals surface area contributed by atoms with Crippen LogP contribution >= 0.6 is 0 Å². The molecular formula is C27H24N4O4. The van der Waals surface area contributed by atoms with E-state index >= 15 is 0 Å². The van der Waals surface area contributed by atoms with E-state index in [-0.39, 0.29) is 24.8 Å². The third kappa shape index (κ3) is 3.53. The molecule has 8 nitrogen and oxygen atoms in total. The number of nitrogens with zero attached hydrogens (tertiary/aromatic N) is 3. The zero-order valence-corrected chi connectivity index (χ0v) is 19.7. The van der Waals surface area contributed by atoms with Crippen molar-refractivity contribution >= 4 is 44.8 Å². The molecule has 4 aromatic rings. The zero-order chi connectivity index (χ0) is 24.7. The van der Waals surface area contributed by atoms with E-state index in [1.54, 1.807) is 20.4 Å². The molecule has 1 aliphatic heterocycles. The molecule has 0 radical (unpaired) electrons. The van der Waals surface area contributed by atoms with Crippen molar-refractivity contribution in [2.75, 3.05) is 20.8 Å². The highest BCUT2D eigenvalue weighted by molar-refractivity contribution is 6.50. The number of benzene rings is 2. The standard InChI is InChI=1S/C27H24N4O4/c1-30-15-21(19-13-17(35-3)7-9-23(19)30)25-24(26(32)31(27(25)33)11-5-4-10-28)20-14-29-22-8-6-16(34-2)12-18(20)22/h6-9,12-15,29H,4-5,11H2,1-3H3. The Morgan fingerprint density at radius 3 is 2.29 bits per heavy atom. The lowest BCUT2D eigenvalue weighted by Gasteiger charge is -2.14. The molecule has 0 atom stereocenters. The number of methoxy groups -OCH3 is 2. The van der Waals surface area contributed by atoms with E-state index in [0.29, 0.717) is 40.2 Å². The van der Waals surface area contributed by atoms with E-state index in [4.69, 9.17) is 14.7 Å². The lowest BCUT2D eigenvalue weighted by molar-refractivity contribution is -0.136. The predicted octanol–water partition coefficient (Wildman–Crippen LogP) is 4.26. The molecule has 176 valence electrons. The largest absolute Gasteiger partial charge is 0.497 e. The molecule has 0 fully saturated rings. The number of aromatic nitrogens is 2. The first-order chi connectivity index (χ1) is 17.0. The van der Waals surface area contributed by atoms with Crippen molar-refractivity contribution in [3.05, 3.63) is 59.9 Å². The van der Waals surface area contributed by atoms with Crippen LogP contribution in [0.25, 0.3) is 33.0 Å². The van der Waals surface area contributed by atoms with Crippen molar-refractivity contribution in [1.29, 1.82) is 5.26 Å². The lowest BCUT2D eigenvalue weighted by Crippen LogP contribution is -2.32. The number of ether oxygens (including phenoxy) is 2. The Labute approximate surface area is 202 Å². The molecule has 5 rings (SSSR count). The minimum Gasteiger partial charge on any atom is -0.497 e. The van der Waals surface area contributed by atoms with Gasteiger partial charge in [-0.3, -0.25) is 14.5 Å². The number of carbonyl (C=O) groups is 2. The van der Waals surface area contributed by atoms with Crippen LogP contribution in [-0.2, 0) is 16.6 Å². The summed E-state index contributed by atoms with van der Waals surface area (Å²) in [5.74, 6) is 0.576. The normalized spacial score (nSPS) is 13.8. The smallest absolute Gasteiger partial charge is 0.262 e. The Morgan fingerprint density at radius 1 is 0.943 bits per heavy atom. The SMILES string of the molecule is COc1ccc2[nH]cc(C3=C(c4cn(C)c5ccc(OC)cc45)C(=O)N(CCCC#N)C3=O)c2c1. The number of H-pyrrole nitrogens is 1. The maximum atomic E-state index is 13.8. The van der Waals surface area contributed by atoms with E-state index in [1.165, 1.54) is 4.90 Å². The second-order valence-electron chi connectivity index (χ2n) is 8.42. The van der Waals surface area contributed by atoms with Crippen molar-refractivity contribution in [2.45, 2.75) is 12.8 Å². The minimum atomic E-state index is -0.369. The highest BCUT2D eigenvalue weighted by Gasteiger charge is 2.41. The number of aryl methyl sites for hydroxylation is 1. The number of rotatable bonds is 7. The molecule has 1 aliphatic rings. The molecule has 1 N–H and O–H groups in total. The highest BCUT2D eigenvalue weighted by Crippen LogP contribution is 2.42. The molecule has 8 heteroatoms. The Morgan fingerprint density at radius 2 is 1.60 bits per heavy atom. The summed E-state index contributed by atoms with van der Waals surface area (Å²) in [4.78, 5) is 32.0. The minimum absolute atomic E-state index is 0.179. The number of hydrogen-bond donors (Lipinski definition) is 1. The summed E-state index contributed by atoms with van der Waals surface area (Å²) < 4.78 is 12.8. The van der Waals surface area contributed by atoms with Crippen LogP contribution in [0, 0.1) is 11.3 Å². The van der Waals surface area contributed by atoms with Crippen LogP contribution in [0.1, 0.15) is 24.0 Å². The third-order valence-corrected chi connectivity index (χ3v) is 6.46. The number of carbonyl (C=O) groups excluding carboxylic acids is 2. The van der Waals surface area contributed by atoms with Crippen molar-refractivity contribution < 1.29 is 19.1 Å². The van der Waals surface area contributed by atoms with Gasteiger partial charge in [0.25, 0.3) is 11.8 Å². The zero-order valence-electron chi connectivity index (χ0n) is 19.7. The first kappa shape index (κ1) is 22.3. The fraction of sp³-hybridized carbons (Fsp3) is 0.222. The molecule has 0 spiro atoms. The monoisotopic (exact) mass is 468 g/mol. The molecule has 0 unspecified atom stereocenters. The van der Waals surface area contributed by atoms with E-state index in [2.05, 4.69) is 11.1 Å². The number of imide groups is 1. The highest BCUT2D eigenvalue weighted by atomic mass is 16.5. The fourth-order valence-electron chi connectivity index (χ4n) is 4.73. The van der Waals surface area contributed by atoms with E-state index in [0.717, 1.165) is 21.8 Å². The average Bonchev–Trinajstić information content (AvgIpc) is 3.50. The van der Waals surface area contributed by atoms with Gasteiger partial charge in [-0.2, -0.15) is 5.26 Å². The number of amides is 2. The summed E-state index contributed by atoms with van der Waals surface area (Å²) >= 11 is 0. The molecule has 2 aromatic carbocycles. The number of hydrogen-bond acceptors (Lipinski definition) is 5. The van der Waals surface area contributed by atoms with Crippen LogP contribution in [0.3, 0.4) is 0 Å². The maximum Gasteiger partial charge on any atom is 0.262 e. The molecule has 0 saturated carbocycles. The Kier molecular flexibility index (Phi) is 5.53. The quantitative estimate of drug-likeness (QED) is 0.323. The van der Waals surface area contributed by atoms with Crippen LogP contribution in [-0.4, -0.2) is 47.0 Å². The molecule has 2 aromatic heterocycles. The van der Waals surface area contributed by atoms with Crippen molar-refractivity contribution in [2.24, 2.45) is 7.05 Å². The van der Waals surface area contributed by atoms with Gasteiger partial charge in [-0.15, -0.1) is 0 Å². The van der Waals surface area contributed by atoms with E-state index in [9.17, 15) is 9.59 Å². The first-order valence-electron chi connectivity index (χ1n) is 11.2. The summed E-state index contributed by atoms with van der Waals surface area (Å²) in [5.41, 5.74) is 3.72. The van der Waals surface area contributed by atoms with Gasteiger partial charge in [0.2, 0.25) is 0 Å². The predicted molar refractivity (Wildman–Crippen MR) is 133 cm³/mol. The third-order valence-electron chi connectivity index (χ3n) is 6.46. The molecule has 0 bridgehead atoms. The van der Waals surface area contributed by atoms with Crippen LogP contribution in [0.4, 0.5) is 0 Å².